The van der Waals surface area contributed by atoms with Crippen LogP contribution in [0.1, 0.15) is 49.8 Å². The van der Waals surface area contributed by atoms with Crippen LogP contribution in [-0.4, -0.2) is 68.7 Å². The molecule has 1 atom stereocenters. The van der Waals surface area contributed by atoms with Gasteiger partial charge in [0.2, 0.25) is 0 Å². The van der Waals surface area contributed by atoms with Crippen LogP contribution in [0.5, 0.6) is 0 Å². The fraction of sp³-hybridized carbons (Fsp3) is 0.696. The van der Waals surface area contributed by atoms with E-state index in [9.17, 15) is 0 Å². The molecule has 1 unspecified atom stereocenters. The average Bonchev–Trinajstić information content (AvgIpc) is 2.72. The molecule has 28 heavy (non-hydrogen) atoms. The van der Waals surface area contributed by atoms with Crippen LogP contribution in [0.4, 0.5) is 0 Å². The molecule has 0 aliphatic carbocycles. The van der Waals surface area contributed by atoms with Gasteiger partial charge in [0, 0.05) is 20.1 Å². The third-order valence-corrected chi connectivity index (χ3v) is 6.17. The fourth-order valence-corrected chi connectivity index (χ4v) is 4.26. The van der Waals surface area contributed by atoms with Gasteiger partial charge in [-0.25, -0.2) is 0 Å². The number of unbranched alkanes of at least 4 members (excludes halogenated alkanes) is 1. The van der Waals surface area contributed by atoms with Crippen molar-refractivity contribution in [2.75, 3.05) is 52.9 Å². The highest BCUT2D eigenvalue weighted by molar-refractivity contribution is 5.80. The molecule has 2 heterocycles. The van der Waals surface area contributed by atoms with E-state index < -0.39 is 0 Å². The summed E-state index contributed by atoms with van der Waals surface area (Å²) < 4.78 is 6.06. The molecule has 0 saturated carbocycles. The predicted octanol–water partition coefficient (Wildman–Crippen LogP) is 3.46. The quantitative estimate of drug-likeness (QED) is 0.462. The van der Waals surface area contributed by atoms with Crippen molar-refractivity contribution in [3.05, 3.63) is 35.4 Å². The Morgan fingerprint density at radius 2 is 1.96 bits per heavy atom. The number of guanidine groups is 1. The third-order valence-electron chi connectivity index (χ3n) is 6.17. The summed E-state index contributed by atoms with van der Waals surface area (Å²) in [5, 5.41) is 3.57. The lowest BCUT2D eigenvalue weighted by molar-refractivity contribution is -0.00831. The second-order valence-corrected chi connectivity index (χ2v) is 8.37. The molecule has 1 N–H and O–H groups in total. The molecule has 0 radical (unpaired) electrons. The first kappa shape index (κ1) is 21.1. The lowest BCUT2D eigenvalue weighted by atomic mass is 9.99. The molecule has 1 aromatic carbocycles. The molecule has 2 aliphatic heterocycles. The Morgan fingerprint density at radius 1 is 1.18 bits per heavy atom. The smallest absolute Gasteiger partial charge is 0.193 e. The van der Waals surface area contributed by atoms with Crippen molar-refractivity contribution in [2.24, 2.45) is 10.9 Å². The van der Waals surface area contributed by atoms with Gasteiger partial charge in [-0.05, 0) is 69.3 Å². The predicted molar refractivity (Wildman–Crippen MR) is 117 cm³/mol. The highest BCUT2D eigenvalue weighted by Crippen LogP contribution is 2.25. The molecule has 1 aromatic rings. The topological polar surface area (TPSA) is 40.1 Å². The highest BCUT2D eigenvalue weighted by atomic mass is 16.5. The van der Waals surface area contributed by atoms with Gasteiger partial charge in [0.1, 0.15) is 6.10 Å². The molecule has 3 rings (SSSR count). The Labute approximate surface area is 171 Å². The van der Waals surface area contributed by atoms with E-state index in [1.54, 1.807) is 0 Å². The van der Waals surface area contributed by atoms with Gasteiger partial charge in [-0.1, -0.05) is 31.2 Å². The zero-order valence-corrected chi connectivity index (χ0v) is 18.0. The number of aliphatic imine (C=N–C) groups is 1. The van der Waals surface area contributed by atoms with E-state index in [1.807, 2.05) is 7.05 Å². The lowest BCUT2D eigenvalue weighted by Gasteiger charge is -2.35. The van der Waals surface area contributed by atoms with Crippen molar-refractivity contribution in [3.63, 3.8) is 0 Å². The van der Waals surface area contributed by atoms with Gasteiger partial charge in [0.05, 0.1) is 13.2 Å². The van der Waals surface area contributed by atoms with Gasteiger partial charge in [-0.2, -0.15) is 0 Å². The number of piperidine rings is 1. The number of hydrogen-bond acceptors (Lipinski definition) is 3. The van der Waals surface area contributed by atoms with Crippen LogP contribution in [0.3, 0.4) is 0 Å². The summed E-state index contributed by atoms with van der Waals surface area (Å²) in [6.07, 6.45) is 5.30. The summed E-state index contributed by atoms with van der Waals surface area (Å²) in [5.74, 6) is 1.92. The number of rotatable bonds is 6. The Kier molecular flexibility index (Phi) is 8.16. The summed E-state index contributed by atoms with van der Waals surface area (Å²) in [6.45, 7) is 11.8. The Balaban J connectivity index is 1.40. The van der Waals surface area contributed by atoms with E-state index in [2.05, 4.69) is 58.2 Å². The van der Waals surface area contributed by atoms with Gasteiger partial charge < -0.3 is 19.9 Å². The number of nitrogens with one attached hydrogen (secondary N) is 1. The molecule has 2 saturated heterocycles. The first-order valence-corrected chi connectivity index (χ1v) is 11.0. The van der Waals surface area contributed by atoms with Crippen LogP contribution in [0, 0.1) is 12.8 Å². The van der Waals surface area contributed by atoms with Crippen LogP contribution >= 0.6 is 0 Å². The van der Waals surface area contributed by atoms with Crippen LogP contribution in [0.2, 0.25) is 0 Å². The zero-order valence-electron chi connectivity index (χ0n) is 18.0. The second-order valence-electron chi connectivity index (χ2n) is 8.37. The van der Waals surface area contributed by atoms with E-state index in [-0.39, 0.29) is 6.10 Å². The SMILES string of the molecule is CN=C(NCCCCN1CCC(C)CC1)N1CCOC(c2ccccc2C)C1. The molecule has 0 amide bonds. The van der Waals surface area contributed by atoms with Crippen LogP contribution in [-0.2, 0) is 4.74 Å². The van der Waals surface area contributed by atoms with Crippen LogP contribution in [0.15, 0.2) is 29.3 Å². The molecule has 0 aromatic heterocycles. The average molecular weight is 387 g/mol. The standard InChI is InChI=1S/C23H38N4O/c1-19-10-14-26(15-11-19)13-7-6-12-25-23(24-3)27-16-17-28-22(18-27)21-9-5-4-8-20(21)2/h4-5,8-9,19,22H,6-7,10-18H2,1-3H3,(H,24,25). The van der Waals surface area contributed by atoms with E-state index in [0.29, 0.717) is 0 Å². The first-order valence-electron chi connectivity index (χ1n) is 11.0. The summed E-state index contributed by atoms with van der Waals surface area (Å²) in [7, 11) is 1.88. The van der Waals surface area contributed by atoms with E-state index >= 15 is 0 Å². The summed E-state index contributed by atoms with van der Waals surface area (Å²) >= 11 is 0. The molecular weight excluding hydrogens is 348 g/mol. The molecule has 5 nitrogen and oxygen atoms in total. The molecule has 2 aliphatic rings. The van der Waals surface area contributed by atoms with Crippen molar-refractivity contribution in [2.45, 2.75) is 45.6 Å². The minimum absolute atomic E-state index is 0.120. The Bertz CT molecular complexity index is 625. The monoisotopic (exact) mass is 386 g/mol. The number of ether oxygens (including phenoxy) is 1. The van der Waals surface area contributed by atoms with Gasteiger partial charge in [0.25, 0.3) is 0 Å². The van der Waals surface area contributed by atoms with Gasteiger partial charge in [0.15, 0.2) is 5.96 Å². The first-order chi connectivity index (χ1) is 13.7. The van der Waals surface area contributed by atoms with Crippen molar-refractivity contribution < 1.29 is 4.74 Å². The minimum Gasteiger partial charge on any atom is -0.370 e. The summed E-state index contributed by atoms with van der Waals surface area (Å²) in [6, 6.07) is 8.53. The zero-order chi connectivity index (χ0) is 19.8. The number of morpholine rings is 1. The maximum absolute atomic E-state index is 6.06. The van der Waals surface area contributed by atoms with Crippen LogP contribution < -0.4 is 5.32 Å². The maximum atomic E-state index is 6.06. The number of benzene rings is 1. The molecule has 0 spiro atoms. The maximum Gasteiger partial charge on any atom is 0.193 e. The van der Waals surface area contributed by atoms with Crippen molar-refractivity contribution >= 4 is 5.96 Å². The number of aryl methyl sites for hydroxylation is 1. The highest BCUT2D eigenvalue weighted by Gasteiger charge is 2.25. The third kappa shape index (κ3) is 5.95. The molecular formula is C23H38N4O. The lowest BCUT2D eigenvalue weighted by Crippen LogP contribution is -2.48. The second kappa shape index (κ2) is 10.8. The Morgan fingerprint density at radius 3 is 2.71 bits per heavy atom. The van der Waals surface area contributed by atoms with Gasteiger partial charge in [-0.3, -0.25) is 4.99 Å². The molecule has 156 valence electrons. The number of nitrogens with zero attached hydrogens (tertiary/aromatic N) is 3. The van der Waals surface area contributed by atoms with Crippen LogP contribution in [0.25, 0.3) is 0 Å². The van der Waals surface area contributed by atoms with E-state index in [1.165, 1.54) is 56.4 Å². The minimum atomic E-state index is 0.120. The van der Waals surface area contributed by atoms with Crippen molar-refractivity contribution in [1.29, 1.82) is 0 Å². The van der Waals surface area contributed by atoms with E-state index in [4.69, 9.17) is 4.74 Å². The largest absolute Gasteiger partial charge is 0.370 e. The molecule has 0 bridgehead atoms. The molecule has 2 fully saturated rings. The van der Waals surface area contributed by atoms with Gasteiger partial charge in [-0.15, -0.1) is 0 Å². The normalized spacial score (nSPS) is 22.5. The van der Waals surface area contributed by atoms with E-state index in [0.717, 1.165) is 38.1 Å². The van der Waals surface area contributed by atoms with Crippen molar-refractivity contribution in [1.82, 2.24) is 15.1 Å². The van der Waals surface area contributed by atoms with Crippen molar-refractivity contribution in [3.8, 4) is 0 Å². The molecule has 5 heteroatoms. The number of likely N-dealkylation sites (tertiary alicyclic amines) is 1. The summed E-state index contributed by atoms with van der Waals surface area (Å²) in [4.78, 5) is 9.49. The Hall–Kier alpha value is -1.59. The number of hydrogen-bond donors (Lipinski definition) is 1. The summed E-state index contributed by atoms with van der Waals surface area (Å²) in [5.41, 5.74) is 2.59. The fourth-order valence-electron chi connectivity index (χ4n) is 4.26. The van der Waals surface area contributed by atoms with Gasteiger partial charge >= 0.3 is 0 Å².